The number of amides is 1. The van der Waals surface area contributed by atoms with Gasteiger partial charge in [-0.2, -0.15) is 5.10 Å². The number of nitrogens with two attached hydrogens (primary N) is 1. The van der Waals surface area contributed by atoms with Crippen molar-refractivity contribution in [3.8, 4) is 0 Å². The molecule has 2 rings (SSSR count). The second kappa shape index (κ2) is 7.30. The van der Waals surface area contributed by atoms with Gasteiger partial charge in [-0.15, -0.1) is 0 Å². The Bertz CT molecular complexity index is 665. The number of carbonyl (C=O) groups excluding carboxylic acids is 1. The molecule has 0 radical (unpaired) electrons. The number of nitrogens with zero attached hydrogens (tertiary/aromatic N) is 2. The third-order valence-corrected chi connectivity index (χ3v) is 3.16. The third kappa shape index (κ3) is 4.73. The lowest BCUT2D eigenvalue weighted by Crippen LogP contribution is -2.44. The first kappa shape index (κ1) is 16.3. The number of hydrogen-bond donors (Lipinski definition) is 3. The quantitative estimate of drug-likeness (QED) is 0.735. The molecular formula is C15H18N4O4. The highest BCUT2D eigenvalue weighted by Gasteiger charge is 2.22. The molecule has 0 saturated heterocycles. The summed E-state index contributed by atoms with van der Waals surface area (Å²) in [6.07, 6.45) is 0.709. The topological polar surface area (TPSA) is 119 Å². The van der Waals surface area contributed by atoms with E-state index in [0.29, 0.717) is 11.4 Å². The number of nitrogens with one attached hydrogen (secondary N) is 1. The number of rotatable bonds is 6. The number of benzene rings is 1. The van der Waals surface area contributed by atoms with Crippen LogP contribution in [0.3, 0.4) is 0 Å². The van der Waals surface area contributed by atoms with Gasteiger partial charge in [0, 0.05) is 6.20 Å². The van der Waals surface area contributed by atoms with Crippen LogP contribution in [0.5, 0.6) is 0 Å². The van der Waals surface area contributed by atoms with Gasteiger partial charge >= 0.3 is 12.1 Å². The molecule has 23 heavy (non-hydrogen) atoms. The number of aromatic nitrogens is 2. The van der Waals surface area contributed by atoms with Gasteiger partial charge in [-0.1, -0.05) is 30.3 Å². The van der Waals surface area contributed by atoms with Crippen molar-refractivity contribution >= 4 is 17.7 Å². The Morgan fingerprint density at radius 2 is 2.09 bits per heavy atom. The monoisotopic (exact) mass is 318 g/mol. The molecule has 8 heteroatoms. The molecule has 122 valence electrons. The van der Waals surface area contributed by atoms with Crippen LogP contribution in [0, 0.1) is 6.92 Å². The van der Waals surface area contributed by atoms with E-state index in [-0.39, 0.29) is 13.2 Å². The van der Waals surface area contributed by atoms with Gasteiger partial charge in [0.05, 0.1) is 17.9 Å². The molecule has 1 atom stereocenters. The minimum absolute atomic E-state index is 0.0478. The lowest BCUT2D eigenvalue weighted by molar-refractivity contribution is -0.139. The smallest absolute Gasteiger partial charge is 0.408 e. The lowest BCUT2D eigenvalue weighted by atomic mass is 10.2. The highest BCUT2D eigenvalue weighted by atomic mass is 16.5. The Labute approximate surface area is 132 Å². The second-order valence-electron chi connectivity index (χ2n) is 4.99. The van der Waals surface area contributed by atoms with E-state index in [1.165, 1.54) is 10.9 Å². The van der Waals surface area contributed by atoms with Crippen LogP contribution in [0.4, 0.5) is 10.5 Å². The molecule has 1 heterocycles. The Hall–Kier alpha value is -3.03. The van der Waals surface area contributed by atoms with Crippen LogP contribution in [0.1, 0.15) is 11.3 Å². The predicted molar refractivity (Wildman–Crippen MR) is 82.6 cm³/mol. The zero-order chi connectivity index (χ0) is 16.8. The summed E-state index contributed by atoms with van der Waals surface area (Å²) in [4.78, 5) is 23.0. The normalized spacial score (nSPS) is 11.7. The van der Waals surface area contributed by atoms with Crippen LogP contribution < -0.4 is 11.1 Å². The van der Waals surface area contributed by atoms with Gasteiger partial charge in [0.15, 0.2) is 0 Å². The van der Waals surface area contributed by atoms with Crippen LogP contribution in [0.25, 0.3) is 0 Å². The number of aliphatic carboxylic acids is 1. The predicted octanol–water partition coefficient (Wildman–Crippen LogP) is 1.15. The zero-order valence-corrected chi connectivity index (χ0v) is 12.6. The molecule has 8 nitrogen and oxygen atoms in total. The fourth-order valence-corrected chi connectivity index (χ4v) is 1.91. The maximum atomic E-state index is 11.7. The van der Waals surface area contributed by atoms with E-state index in [0.717, 1.165) is 5.56 Å². The van der Waals surface area contributed by atoms with E-state index in [1.54, 1.807) is 19.1 Å². The first-order valence-electron chi connectivity index (χ1n) is 6.95. The second-order valence-corrected chi connectivity index (χ2v) is 4.99. The number of carbonyl (C=O) groups is 2. The molecule has 0 aliphatic heterocycles. The Kier molecular flexibility index (Phi) is 5.19. The van der Waals surface area contributed by atoms with Crippen LogP contribution in [0.2, 0.25) is 0 Å². The molecule has 0 fully saturated rings. The zero-order valence-electron chi connectivity index (χ0n) is 12.6. The van der Waals surface area contributed by atoms with Gasteiger partial charge in [-0.3, -0.25) is 4.68 Å². The fourth-order valence-electron chi connectivity index (χ4n) is 1.91. The number of carboxylic acid groups (broad SMARTS) is 1. The number of nitrogen functional groups attached to an aromatic ring is 1. The minimum atomic E-state index is -1.19. The molecule has 0 saturated carbocycles. The number of carboxylic acids is 1. The summed E-state index contributed by atoms with van der Waals surface area (Å²) < 4.78 is 6.38. The van der Waals surface area contributed by atoms with E-state index in [4.69, 9.17) is 10.5 Å². The largest absolute Gasteiger partial charge is 0.480 e. The first-order valence-corrected chi connectivity index (χ1v) is 6.95. The summed E-state index contributed by atoms with van der Waals surface area (Å²) in [6.45, 7) is 1.73. The summed E-state index contributed by atoms with van der Waals surface area (Å²) in [5.41, 5.74) is 7.53. The molecule has 4 N–H and O–H groups in total. The van der Waals surface area contributed by atoms with Crippen molar-refractivity contribution in [2.45, 2.75) is 26.1 Å². The highest BCUT2D eigenvalue weighted by Crippen LogP contribution is 2.07. The van der Waals surface area contributed by atoms with Gasteiger partial charge in [-0.05, 0) is 12.5 Å². The van der Waals surface area contributed by atoms with Crippen molar-refractivity contribution in [3.05, 3.63) is 47.8 Å². The average molecular weight is 318 g/mol. The average Bonchev–Trinajstić information content (AvgIpc) is 2.83. The van der Waals surface area contributed by atoms with E-state index < -0.39 is 18.1 Å². The van der Waals surface area contributed by atoms with Crippen LogP contribution in [-0.2, 0) is 22.7 Å². The van der Waals surface area contributed by atoms with Crippen molar-refractivity contribution in [2.24, 2.45) is 0 Å². The SMILES string of the molecule is Cc1nn(C[C@H](NC(=O)OCc2ccccc2)C(=O)O)cc1N. The Morgan fingerprint density at radius 3 is 2.65 bits per heavy atom. The number of hydrogen-bond acceptors (Lipinski definition) is 5. The first-order chi connectivity index (χ1) is 11.0. The number of ether oxygens (including phenoxy) is 1. The van der Waals surface area contributed by atoms with Crippen LogP contribution in [0.15, 0.2) is 36.5 Å². The van der Waals surface area contributed by atoms with Crippen LogP contribution in [-0.4, -0.2) is 33.0 Å². The fraction of sp³-hybridized carbons (Fsp3) is 0.267. The van der Waals surface area contributed by atoms with Gasteiger partial charge in [0.2, 0.25) is 0 Å². The maximum absolute atomic E-state index is 11.7. The molecular weight excluding hydrogens is 300 g/mol. The van der Waals surface area contributed by atoms with Gasteiger partial charge in [0.1, 0.15) is 12.6 Å². The molecule has 0 spiro atoms. The Morgan fingerprint density at radius 1 is 1.39 bits per heavy atom. The summed E-state index contributed by atoms with van der Waals surface area (Å²) in [5, 5.41) is 15.6. The lowest BCUT2D eigenvalue weighted by Gasteiger charge is -2.14. The van der Waals surface area contributed by atoms with E-state index in [1.807, 2.05) is 18.2 Å². The van der Waals surface area contributed by atoms with Crippen molar-refractivity contribution in [2.75, 3.05) is 5.73 Å². The standard InChI is InChI=1S/C15H18N4O4/c1-10-12(16)7-19(18-10)8-13(14(20)21)17-15(22)23-9-11-5-3-2-4-6-11/h2-7,13H,8-9,16H2,1H3,(H,17,22)(H,20,21)/t13-/m0/s1. The maximum Gasteiger partial charge on any atom is 0.408 e. The minimum Gasteiger partial charge on any atom is -0.480 e. The van der Waals surface area contributed by atoms with Gasteiger partial charge in [-0.25, -0.2) is 9.59 Å². The van der Waals surface area contributed by atoms with Crippen LogP contribution >= 0.6 is 0 Å². The number of alkyl carbamates (subject to hydrolysis) is 1. The van der Waals surface area contributed by atoms with Crippen molar-refractivity contribution in [1.29, 1.82) is 0 Å². The summed E-state index contributed by atoms with van der Waals surface area (Å²) in [6, 6.07) is 7.93. The molecule has 2 aromatic rings. The molecule has 1 aromatic carbocycles. The third-order valence-electron chi connectivity index (χ3n) is 3.16. The molecule has 0 bridgehead atoms. The molecule has 0 unspecified atom stereocenters. The van der Waals surface area contributed by atoms with E-state index in [2.05, 4.69) is 10.4 Å². The van der Waals surface area contributed by atoms with Crippen molar-refractivity contribution < 1.29 is 19.4 Å². The molecule has 0 aliphatic carbocycles. The summed E-state index contributed by atoms with van der Waals surface area (Å²) in [5.74, 6) is -1.19. The Balaban J connectivity index is 1.91. The summed E-state index contributed by atoms with van der Waals surface area (Å²) >= 11 is 0. The number of anilines is 1. The number of aryl methyl sites for hydroxylation is 1. The van der Waals surface area contributed by atoms with Crippen molar-refractivity contribution in [1.82, 2.24) is 15.1 Å². The molecule has 1 amide bonds. The van der Waals surface area contributed by atoms with Crippen molar-refractivity contribution in [3.63, 3.8) is 0 Å². The molecule has 1 aromatic heterocycles. The van der Waals surface area contributed by atoms with Gasteiger partial charge < -0.3 is 20.9 Å². The molecule has 0 aliphatic rings. The highest BCUT2D eigenvalue weighted by molar-refractivity contribution is 5.79. The van der Waals surface area contributed by atoms with E-state index >= 15 is 0 Å². The van der Waals surface area contributed by atoms with E-state index in [9.17, 15) is 14.7 Å². The van der Waals surface area contributed by atoms with Gasteiger partial charge in [0.25, 0.3) is 0 Å². The summed E-state index contributed by atoms with van der Waals surface area (Å²) in [7, 11) is 0.